The summed E-state index contributed by atoms with van der Waals surface area (Å²) in [5, 5.41) is 0. The summed E-state index contributed by atoms with van der Waals surface area (Å²) < 4.78 is 23.1. The molecule has 0 heterocycles. The minimum Gasteiger partial charge on any atom is -0.497 e. The van der Waals surface area contributed by atoms with Crippen LogP contribution in [0.15, 0.2) is 78.9 Å². The van der Waals surface area contributed by atoms with Crippen LogP contribution in [0.4, 0.5) is 0 Å². The fraction of sp³-hybridized carbons (Fsp3) is 0.444. The molecule has 0 aliphatic heterocycles. The number of ether oxygens (including phenoxy) is 4. The maximum atomic E-state index is 11.9. The molecule has 0 amide bonds. The average Bonchev–Trinajstić information content (AvgIpc) is 3.07. The average molecular weight is 639 g/mol. The maximum absolute atomic E-state index is 11.9. The Morgan fingerprint density at radius 3 is 1.73 bits per heavy atom. The lowest BCUT2D eigenvalue weighted by molar-refractivity contribution is -0.144. The van der Waals surface area contributed by atoms with Crippen LogP contribution < -0.4 is 9.47 Å². The van der Waals surface area contributed by atoms with Crippen molar-refractivity contribution in [3.05, 3.63) is 95.6 Å². The summed E-state index contributed by atoms with van der Waals surface area (Å²) in [7, 11) is 6.92. The lowest BCUT2D eigenvalue weighted by atomic mass is 9.80. The Morgan fingerprint density at radius 1 is 0.636 bits per heavy atom. The van der Waals surface area contributed by atoms with Crippen LogP contribution in [-0.2, 0) is 24.7 Å². The predicted molar refractivity (Wildman–Crippen MR) is 182 cm³/mol. The normalized spacial score (nSPS) is 11.2. The number of methoxy groups -OCH3 is 2. The van der Waals surface area contributed by atoms with E-state index >= 15 is 0 Å². The molecule has 0 atom stereocenters. The third-order valence-electron chi connectivity index (χ3n) is 7.25. The molecular formula is C36H46O6S2. The molecule has 0 saturated heterocycles. The fourth-order valence-corrected chi connectivity index (χ4v) is 6.97. The van der Waals surface area contributed by atoms with Crippen molar-refractivity contribution >= 4 is 33.3 Å². The highest BCUT2D eigenvalue weighted by molar-refractivity contribution is 8.76. The van der Waals surface area contributed by atoms with Crippen molar-refractivity contribution in [3.8, 4) is 11.5 Å². The van der Waals surface area contributed by atoms with Gasteiger partial charge in [-0.05, 0) is 60.2 Å². The Kier molecular flexibility index (Phi) is 16.3. The standard InChI is InChI=1S/C36H46O6S2/c1-4-5-7-14-32(37)19-24-35(38)41-25-10-27-43-44-28-11-26-42-36(29-12-8-6-9-13-29,30-15-20-33(39-2)21-16-30)31-17-22-34(40-3)23-18-31/h6,8-9,12-13,15-18,20-23H,4-5,7,10-11,14,19,24-28H2,1-3H3. The summed E-state index contributed by atoms with van der Waals surface area (Å²) >= 11 is 0. The van der Waals surface area contributed by atoms with Crippen molar-refractivity contribution in [1.82, 2.24) is 0 Å². The number of ketones is 1. The second kappa shape index (κ2) is 20.2. The van der Waals surface area contributed by atoms with Crippen molar-refractivity contribution < 1.29 is 28.5 Å². The lowest BCUT2D eigenvalue weighted by Crippen LogP contribution is -2.33. The number of hydrogen-bond donors (Lipinski definition) is 0. The molecule has 0 aromatic heterocycles. The van der Waals surface area contributed by atoms with E-state index in [1.54, 1.807) is 35.8 Å². The van der Waals surface area contributed by atoms with E-state index < -0.39 is 5.60 Å². The SMILES string of the molecule is CCCCCC(=O)CCC(=O)OCCCSSCCCOC(c1ccccc1)(c1ccc(OC)cc1)c1ccc(OC)cc1. The zero-order valence-corrected chi connectivity index (χ0v) is 27.9. The fourth-order valence-electron chi connectivity index (χ4n) is 4.85. The molecule has 238 valence electrons. The quantitative estimate of drug-likeness (QED) is 0.0469. The molecule has 3 rings (SSSR count). The summed E-state index contributed by atoms with van der Waals surface area (Å²) in [4.78, 5) is 23.8. The van der Waals surface area contributed by atoms with Crippen molar-refractivity contribution in [3.63, 3.8) is 0 Å². The number of benzene rings is 3. The molecule has 0 unspecified atom stereocenters. The first-order chi connectivity index (χ1) is 21.5. The number of esters is 1. The number of unbranched alkanes of at least 4 members (excludes halogenated alkanes) is 2. The van der Waals surface area contributed by atoms with Crippen molar-refractivity contribution in [2.45, 2.75) is 63.9 Å². The Bertz CT molecular complexity index is 1180. The molecule has 6 nitrogen and oxygen atoms in total. The monoisotopic (exact) mass is 638 g/mol. The first-order valence-electron chi connectivity index (χ1n) is 15.4. The molecule has 0 bridgehead atoms. The van der Waals surface area contributed by atoms with E-state index in [1.165, 1.54) is 0 Å². The maximum Gasteiger partial charge on any atom is 0.306 e. The van der Waals surface area contributed by atoms with E-state index in [9.17, 15) is 9.59 Å². The van der Waals surface area contributed by atoms with Crippen molar-refractivity contribution in [2.24, 2.45) is 0 Å². The number of Topliss-reactive ketones (excluding diaryl/α,β-unsaturated/α-hetero) is 1. The first-order valence-corrected chi connectivity index (χ1v) is 17.9. The van der Waals surface area contributed by atoms with Crippen LogP contribution in [0, 0.1) is 0 Å². The minimum atomic E-state index is -0.804. The van der Waals surface area contributed by atoms with Gasteiger partial charge in [-0.3, -0.25) is 9.59 Å². The van der Waals surface area contributed by atoms with Gasteiger partial charge in [0.15, 0.2) is 0 Å². The first kappa shape index (κ1) is 35.5. The van der Waals surface area contributed by atoms with Gasteiger partial charge in [-0.25, -0.2) is 0 Å². The van der Waals surface area contributed by atoms with Crippen LogP contribution in [0.25, 0.3) is 0 Å². The molecule has 0 saturated carbocycles. The van der Waals surface area contributed by atoms with E-state index in [2.05, 4.69) is 43.3 Å². The molecule has 3 aromatic carbocycles. The van der Waals surface area contributed by atoms with Gasteiger partial charge in [-0.1, -0.05) is 96.0 Å². The highest BCUT2D eigenvalue weighted by Crippen LogP contribution is 2.42. The van der Waals surface area contributed by atoms with Gasteiger partial charge in [0.1, 0.15) is 22.9 Å². The van der Waals surface area contributed by atoms with Crippen molar-refractivity contribution in [2.75, 3.05) is 38.9 Å². The zero-order valence-electron chi connectivity index (χ0n) is 26.3. The van der Waals surface area contributed by atoms with Gasteiger partial charge >= 0.3 is 5.97 Å². The number of hydrogen-bond acceptors (Lipinski definition) is 8. The molecule has 8 heteroatoms. The van der Waals surface area contributed by atoms with Gasteiger partial charge in [0.25, 0.3) is 0 Å². The van der Waals surface area contributed by atoms with Crippen LogP contribution in [0.2, 0.25) is 0 Å². The summed E-state index contributed by atoms with van der Waals surface area (Å²) in [6.07, 6.45) is 5.75. The Labute approximate surface area is 271 Å². The summed E-state index contributed by atoms with van der Waals surface area (Å²) in [6, 6.07) is 26.5. The smallest absolute Gasteiger partial charge is 0.306 e. The van der Waals surface area contributed by atoms with E-state index in [-0.39, 0.29) is 24.6 Å². The van der Waals surface area contributed by atoms with Crippen LogP contribution in [0.1, 0.15) is 75.0 Å². The minimum absolute atomic E-state index is 0.153. The summed E-state index contributed by atoms with van der Waals surface area (Å²) in [5.74, 6) is 3.28. The van der Waals surface area contributed by atoms with Crippen LogP contribution in [0.5, 0.6) is 11.5 Å². The molecule has 0 spiro atoms. The highest BCUT2D eigenvalue weighted by Gasteiger charge is 2.37. The largest absolute Gasteiger partial charge is 0.497 e. The Balaban J connectivity index is 1.49. The van der Waals surface area contributed by atoms with Crippen LogP contribution in [0.3, 0.4) is 0 Å². The van der Waals surface area contributed by atoms with Gasteiger partial charge in [0.05, 0.1) is 27.2 Å². The lowest BCUT2D eigenvalue weighted by Gasteiger charge is -2.36. The van der Waals surface area contributed by atoms with E-state index in [0.29, 0.717) is 19.6 Å². The van der Waals surface area contributed by atoms with Crippen molar-refractivity contribution in [1.29, 1.82) is 0 Å². The molecule has 0 aliphatic rings. The molecule has 0 aliphatic carbocycles. The highest BCUT2D eigenvalue weighted by atomic mass is 33.1. The van der Waals surface area contributed by atoms with E-state index in [0.717, 1.165) is 71.8 Å². The molecule has 0 fully saturated rings. The molecular weight excluding hydrogens is 593 g/mol. The van der Waals surface area contributed by atoms with Gasteiger partial charge in [0, 0.05) is 31.0 Å². The van der Waals surface area contributed by atoms with Gasteiger partial charge in [-0.2, -0.15) is 0 Å². The Morgan fingerprint density at radius 2 is 1.18 bits per heavy atom. The third kappa shape index (κ3) is 11.2. The number of rotatable bonds is 22. The topological polar surface area (TPSA) is 71.1 Å². The van der Waals surface area contributed by atoms with Gasteiger partial charge in [-0.15, -0.1) is 0 Å². The van der Waals surface area contributed by atoms with Crippen LogP contribution >= 0.6 is 21.6 Å². The third-order valence-corrected chi connectivity index (χ3v) is 9.83. The number of carbonyl (C=O) groups excluding carboxylic acids is 2. The molecule has 3 aromatic rings. The summed E-state index contributed by atoms with van der Waals surface area (Å²) in [6.45, 7) is 3.07. The summed E-state index contributed by atoms with van der Waals surface area (Å²) in [5.41, 5.74) is 2.29. The second-order valence-electron chi connectivity index (χ2n) is 10.4. The second-order valence-corrected chi connectivity index (χ2v) is 13.1. The number of carbonyl (C=O) groups is 2. The van der Waals surface area contributed by atoms with Crippen LogP contribution in [-0.4, -0.2) is 50.7 Å². The van der Waals surface area contributed by atoms with E-state index in [1.807, 2.05) is 42.5 Å². The van der Waals surface area contributed by atoms with Gasteiger partial charge in [0.2, 0.25) is 0 Å². The Hall–Kier alpha value is -2.94. The predicted octanol–water partition coefficient (Wildman–Crippen LogP) is 8.65. The van der Waals surface area contributed by atoms with Gasteiger partial charge < -0.3 is 18.9 Å². The molecule has 0 N–H and O–H groups in total. The van der Waals surface area contributed by atoms with E-state index in [4.69, 9.17) is 18.9 Å². The molecule has 0 radical (unpaired) electrons. The zero-order chi connectivity index (χ0) is 31.5. The molecule has 44 heavy (non-hydrogen) atoms.